The topological polar surface area (TPSA) is 76.7 Å². The van der Waals surface area contributed by atoms with Crippen LogP contribution in [-0.4, -0.2) is 18.5 Å². The van der Waals surface area contributed by atoms with Crippen molar-refractivity contribution >= 4 is 11.9 Å². The van der Waals surface area contributed by atoms with Crippen molar-refractivity contribution in [1.82, 2.24) is 5.32 Å². The first-order valence-corrected chi connectivity index (χ1v) is 5.08. The Morgan fingerprint density at radius 2 is 2.12 bits per heavy atom. The molecule has 1 atom stereocenters. The fraction of sp³-hybridized carbons (Fsp3) is 0.273. The largest absolute Gasteiger partial charge is 0.494 e. The van der Waals surface area contributed by atoms with Crippen LogP contribution in [0.5, 0.6) is 5.75 Å². The van der Waals surface area contributed by atoms with E-state index in [9.17, 15) is 4.79 Å². The average molecular weight is 219 g/mol. The van der Waals surface area contributed by atoms with Crippen molar-refractivity contribution in [1.29, 1.82) is 0 Å². The third-order valence-corrected chi connectivity index (χ3v) is 2.32. The van der Waals surface area contributed by atoms with E-state index in [0.717, 1.165) is 11.3 Å². The number of ether oxygens (including phenoxy) is 1. The van der Waals surface area contributed by atoms with Gasteiger partial charge in [0.2, 0.25) is 0 Å². The number of aliphatic imine (C=N–C) groups is 1. The zero-order valence-electron chi connectivity index (χ0n) is 8.93. The van der Waals surface area contributed by atoms with Crippen molar-refractivity contribution in [2.75, 3.05) is 6.61 Å². The van der Waals surface area contributed by atoms with Gasteiger partial charge in [-0.15, -0.1) is 0 Å². The minimum atomic E-state index is -0.392. The number of hydrogen-bond acceptors (Lipinski definition) is 3. The van der Waals surface area contributed by atoms with Crippen molar-refractivity contribution < 1.29 is 9.53 Å². The summed E-state index contributed by atoms with van der Waals surface area (Å²) in [5, 5.41) is 2.66. The van der Waals surface area contributed by atoms with Gasteiger partial charge in [0.15, 0.2) is 0 Å². The number of nitrogens with one attached hydrogen (secondary N) is 1. The first kappa shape index (κ1) is 10.5. The standard InChI is InChI=1S/C11H13N3O2/c1-2-16-8-5-3-7(4-6-8)9-10(12)14-11(15)13-9/h3-6,9H,2H2,1H3,(H3,12,13,14,15). The highest BCUT2D eigenvalue weighted by molar-refractivity contribution is 6.03. The maximum absolute atomic E-state index is 11.0. The van der Waals surface area contributed by atoms with Crippen LogP contribution in [0.25, 0.3) is 0 Å². The molecule has 0 bridgehead atoms. The molecule has 5 nitrogen and oxygen atoms in total. The molecule has 0 aliphatic carbocycles. The Kier molecular flexibility index (Phi) is 2.76. The number of amides is 2. The molecule has 0 saturated carbocycles. The molecule has 5 heteroatoms. The molecule has 1 heterocycles. The van der Waals surface area contributed by atoms with Gasteiger partial charge in [0.05, 0.1) is 6.61 Å². The van der Waals surface area contributed by atoms with Gasteiger partial charge in [-0.05, 0) is 24.6 Å². The number of rotatable bonds is 3. The van der Waals surface area contributed by atoms with Gasteiger partial charge in [0.1, 0.15) is 17.6 Å². The van der Waals surface area contributed by atoms with E-state index in [1.807, 2.05) is 31.2 Å². The molecule has 1 aliphatic heterocycles. The van der Waals surface area contributed by atoms with E-state index in [4.69, 9.17) is 10.5 Å². The molecule has 0 saturated heterocycles. The number of nitrogens with two attached hydrogens (primary N) is 1. The Balaban J connectivity index is 2.16. The molecular formula is C11H13N3O2. The van der Waals surface area contributed by atoms with E-state index in [1.165, 1.54) is 0 Å². The summed E-state index contributed by atoms with van der Waals surface area (Å²) < 4.78 is 5.32. The summed E-state index contributed by atoms with van der Waals surface area (Å²) in [6, 6.07) is 6.71. The molecule has 1 aliphatic rings. The summed E-state index contributed by atoms with van der Waals surface area (Å²) in [6.45, 7) is 2.55. The van der Waals surface area contributed by atoms with Crippen LogP contribution in [0.15, 0.2) is 29.3 Å². The molecule has 84 valence electrons. The monoisotopic (exact) mass is 219 g/mol. The van der Waals surface area contributed by atoms with Crippen LogP contribution in [0, 0.1) is 0 Å². The number of hydrogen-bond donors (Lipinski definition) is 2. The lowest BCUT2D eigenvalue weighted by Crippen LogP contribution is -2.27. The molecule has 0 spiro atoms. The summed E-state index contributed by atoms with van der Waals surface area (Å²) in [5.74, 6) is 1.10. The van der Waals surface area contributed by atoms with Gasteiger partial charge >= 0.3 is 6.03 Å². The summed E-state index contributed by atoms with van der Waals surface area (Å²) in [5.41, 5.74) is 6.53. The lowest BCUT2D eigenvalue weighted by molar-refractivity contribution is 0.250. The highest BCUT2D eigenvalue weighted by Crippen LogP contribution is 2.20. The van der Waals surface area contributed by atoms with E-state index >= 15 is 0 Å². The fourth-order valence-electron chi connectivity index (χ4n) is 1.59. The molecule has 0 aromatic heterocycles. The lowest BCUT2D eigenvalue weighted by Gasteiger charge is -2.11. The van der Waals surface area contributed by atoms with Gasteiger partial charge in [-0.2, -0.15) is 4.99 Å². The summed E-state index contributed by atoms with van der Waals surface area (Å²) in [7, 11) is 0. The second-order valence-electron chi connectivity index (χ2n) is 3.42. The Morgan fingerprint density at radius 1 is 1.44 bits per heavy atom. The number of nitrogens with zero attached hydrogens (tertiary/aromatic N) is 1. The summed E-state index contributed by atoms with van der Waals surface area (Å²) >= 11 is 0. The molecule has 2 amide bonds. The number of benzene rings is 1. The Morgan fingerprint density at radius 3 is 2.62 bits per heavy atom. The Bertz CT molecular complexity index is 425. The van der Waals surface area contributed by atoms with Gasteiger partial charge in [-0.1, -0.05) is 12.1 Å². The van der Waals surface area contributed by atoms with E-state index in [-0.39, 0.29) is 6.04 Å². The van der Waals surface area contributed by atoms with Crippen LogP contribution < -0.4 is 15.8 Å². The van der Waals surface area contributed by atoms with Crippen molar-refractivity contribution in [3.8, 4) is 5.75 Å². The minimum Gasteiger partial charge on any atom is -0.494 e. The Labute approximate surface area is 93.3 Å². The maximum Gasteiger partial charge on any atom is 0.343 e. The predicted molar refractivity (Wildman–Crippen MR) is 60.5 cm³/mol. The first-order chi connectivity index (χ1) is 7.70. The van der Waals surface area contributed by atoms with Crippen molar-refractivity contribution in [2.24, 2.45) is 10.7 Å². The van der Waals surface area contributed by atoms with Crippen LogP contribution in [0.3, 0.4) is 0 Å². The number of carbonyl (C=O) groups excluding carboxylic acids is 1. The molecular weight excluding hydrogens is 206 g/mol. The first-order valence-electron chi connectivity index (χ1n) is 5.08. The lowest BCUT2D eigenvalue weighted by atomic mass is 10.1. The number of amidine groups is 1. The second-order valence-corrected chi connectivity index (χ2v) is 3.42. The molecule has 1 unspecified atom stereocenters. The highest BCUT2D eigenvalue weighted by Gasteiger charge is 2.24. The van der Waals surface area contributed by atoms with Gasteiger partial charge in [-0.25, -0.2) is 4.79 Å². The van der Waals surface area contributed by atoms with Crippen LogP contribution >= 0.6 is 0 Å². The highest BCUT2D eigenvalue weighted by atomic mass is 16.5. The molecule has 3 N–H and O–H groups in total. The van der Waals surface area contributed by atoms with Crippen LogP contribution in [0.4, 0.5) is 4.79 Å². The molecule has 0 fully saturated rings. The maximum atomic E-state index is 11.0. The number of urea groups is 1. The second kappa shape index (κ2) is 4.22. The van der Waals surface area contributed by atoms with Crippen LogP contribution in [0.1, 0.15) is 18.5 Å². The third kappa shape index (κ3) is 1.98. The van der Waals surface area contributed by atoms with Crippen molar-refractivity contribution in [3.63, 3.8) is 0 Å². The van der Waals surface area contributed by atoms with Crippen molar-refractivity contribution in [3.05, 3.63) is 29.8 Å². The molecule has 1 aromatic carbocycles. The van der Waals surface area contributed by atoms with Gasteiger partial charge in [-0.3, -0.25) is 0 Å². The molecule has 0 radical (unpaired) electrons. The quantitative estimate of drug-likeness (QED) is 0.802. The molecule has 16 heavy (non-hydrogen) atoms. The van der Waals surface area contributed by atoms with E-state index in [2.05, 4.69) is 10.3 Å². The molecule has 2 rings (SSSR count). The SMILES string of the molecule is CCOc1ccc(C2NC(=O)N=C2N)cc1. The molecule has 1 aromatic rings. The zero-order valence-corrected chi connectivity index (χ0v) is 8.93. The third-order valence-electron chi connectivity index (χ3n) is 2.32. The van der Waals surface area contributed by atoms with Crippen molar-refractivity contribution in [2.45, 2.75) is 13.0 Å². The van der Waals surface area contributed by atoms with Gasteiger partial charge < -0.3 is 15.8 Å². The van der Waals surface area contributed by atoms with E-state index < -0.39 is 6.03 Å². The Hall–Kier alpha value is -2.04. The van der Waals surface area contributed by atoms with E-state index in [0.29, 0.717) is 12.4 Å². The predicted octanol–water partition coefficient (Wildman–Crippen LogP) is 1.21. The summed E-state index contributed by atoms with van der Waals surface area (Å²) in [6.07, 6.45) is 0. The normalized spacial score (nSPS) is 19.2. The fourth-order valence-corrected chi connectivity index (χ4v) is 1.59. The van der Waals surface area contributed by atoms with Gasteiger partial charge in [0.25, 0.3) is 0 Å². The zero-order chi connectivity index (χ0) is 11.5. The van der Waals surface area contributed by atoms with Crippen LogP contribution in [0.2, 0.25) is 0 Å². The minimum absolute atomic E-state index is 0.300. The summed E-state index contributed by atoms with van der Waals surface area (Å²) in [4.78, 5) is 14.6. The van der Waals surface area contributed by atoms with Gasteiger partial charge in [0, 0.05) is 0 Å². The van der Waals surface area contributed by atoms with E-state index in [1.54, 1.807) is 0 Å². The number of carbonyl (C=O) groups is 1. The smallest absolute Gasteiger partial charge is 0.343 e. The van der Waals surface area contributed by atoms with Crippen LogP contribution in [-0.2, 0) is 0 Å². The average Bonchev–Trinajstić information content (AvgIpc) is 2.59.